The molecular weight excluding hydrogens is 522 g/mol. The van der Waals surface area contributed by atoms with Crippen LogP contribution in [-0.4, -0.2) is 69.9 Å². The number of halogens is 4. The van der Waals surface area contributed by atoms with Gasteiger partial charge in [-0.3, -0.25) is 0 Å². The third-order valence-corrected chi connectivity index (χ3v) is 5.52. The van der Waals surface area contributed by atoms with Gasteiger partial charge in [-0.15, -0.1) is 24.0 Å². The molecule has 2 fully saturated rings. The maximum absolute atomic E-state index is 13.3. The molecule has 0 saturated carbocycles. The van der Waals surface area contributed by atoms with E-state index < -0.39 is 11.7 Å². The summed E-state index contributed by atoms with van der Waals surface area (Å²) in [5.74, 6) is 0.592. The van der Waals surface area contributed by atoms with Crippen LogP contribution in [0, 0.1) is 0 Å². The number of guanidine groups is 1. The number of hydrogen-bond acceptors (Lipinski definition) is 4. The van der Waals surface area contributed by atoms with Crippen molar-refractivity contribution in [3.63, 3.8) is 0 Å². The van der Waals surface area contributed by atoms with Gasteiger partial charge in [0.1, 0.15) is 0 Å². The molecule has 1 unspecified atom stereocenters. The molecule has 0 aromatic heterocycles. The van der Waals surface area contributed by atoms with Gasteiger partial charge < -0.3 is 25.2 Å². The molecule has 2 saturated heterocycles. The zero-order valence-corrected chi connectivity index (χ0v) is 20.5. The van der Waals surface area contributed by atoms with E-state index in [1.54, 1.807) is 6.07 Å². The third-order valence-electron chi connectivity index (χ3n) is 5.52. The van der Waals surface area contributed by atoms with Gasteiger partial charge in [0, 0.05) is 51.6 Å². The minimum absolute atomic E-state index is 0. The highest BCUT2D eigenvalue weighted by Crippen LogP contribution is 2.33. The summed E-state index contributed by atoms with van der Waals surface area (Å²) in [4.78, 5) is 8.94. The van der Waals surface area contributed by atoms with Crippen LogP contribution in [0.5, 0.6) is 0 Å². The molecule has 1 aromatic carbocycles. The number of hydrogen-bond donors (Lipinski definition) is 2. The van der Waals surface area contributed by atoms with Crippen molar-refractivity contribution < 1.29 is 17.9 Å². The molecule has 2 aliphatic rings. The second-order valence-corrected chi connectivity index (χ2v) is 7.84. The standard InChI is InChI=1S/C21H32F3N5O.HI/c1-3-25-20(27-15-18-5-4-12-30-18)26-14-16-13-17(21(22,23)24)6-7-19(16)29-10-8-28(2)9-11-29;/h6-7,13,18H,3-5,8-12,14-15H2,1-2H3,(H2,25,26,27);1H. The molecule has 6 nitrogen and oxygen atoms in total. The van der Waals surface area contributed by atoms with Crippen LogP contribution in [-0.2, 0) is 17.5 Å². The Morgan fingerprint density at radius 2 is 1.94 bits per heavy atom. The first-order chi connectivity index (χ1) is 14.4. The van der Waals surface area contributed by atoms with Crippen molar-refractivity contribution in [1.29, 1.82) is 0 Å². The molecule has 31 heavy (non-hydrogen) atoms. The highest BCUT2D eigenvalue weighted by atomic mass is 127. The molecule has 2 N–H and O–H groups in total. The van der Waals surface area contributed by atoms with E-state index in [1.165, 1.54) is 12.1 Å². The monoisotopic (exact) mass is 555 g/mol. The third kappa shape index (κ3) is 7.67. The quantitative estimate of drug-likeness (QED) is 0.321. The van der Waals surface area contributed by atoms with E-state index in [0.29, 0.717) is 24.6 Å². The fourth-order valence-corrected chi connectivity index (χ4v) is 3.77. The molecule has 0 amide bonds. The van der Waals surface area contributed by atoms with Crippen LogP contribution in [0.25, 0.3) is 0 Å². The van der Waals surface area contributed by atoms with Gasteiger partial charge in [0.2, 0.25) is 0 Å². The van der Waals surface area contributed by atoms with Crippen LogP contribution in [0.15, 0.2) is 23.2 Å². The topological polar surface area (TPSA) is 52.1 Å². The lowest BCUT2D eigenvalue weighted by Crippen LogP contribution is -2.44. The lowest BCUT2D eigenvalue weighted by atomic mass is 10.1. The van der Waals surface area contributed by atoms with Crippen LogP contribution < -0.4 is 15.5 Å². The molecule has 2 aliphatic heterocycles. The minimum Gasteiger partial charge on any atom is -0.376 e. The van der Waals surface area contributed by atoms with Crippen LogP contribution in [0.3, 0.4) is 0 Å². The normalized spacial score (nSPS) is 20.5. The van der Waals surface area contributed by atoms with E-state index in [0.717, 1.165) is 51.3 Å². The fourth-order valence-electron chi connectivity index (χ4n) is 3.77. The van der Waals surface area contributed by atoms with Crippen molar-refractivity contribution >= 4 is 35.6 Å². The number of nitrogens with one attached hydrogen (secondary N) is 2. The number of rotatable bonds is 6. The van der Waals surface area contributed by atoms with Crippen LogP contribution >= 0.6 is 24.0 Å². The number of likely N-dealkylation sites (N-methyl/N-ethyl adjacent to an activating group) is 1. The maximum atomic E-state index is 13.3. The molecule has 2 heterocycles. The van der Waals surface area contributed by atoms with E-state index in [2.05, 4.69) is 32.5 Å². The summed E-state index contributed by atoms with van der Waals surface area (Å²) in [7, 11) is 2.05. The number of piperazine rings is 1. The Morgan fingerprint density at radius 1 is 1.19 bits per heavy atom. The number of alkyl halides is 3. The first-order valence-corrected chi connectivity index (χ1v) is 10.6. The Labute approximate surface area is 199 Å². The van der Waals surface area contributed by atoms with Crippen LogP contribution in [0.2, 0.25) is 0 Å². The van der Waals surface area contributed by atoms with Gasteiger partial charge in [-0.25, -0.2) is 4.99 Å². The highest BCUT2D eigenvalue weighted by Gasteiger charge is 2.31. The lowest BCUT2D eigenvalue weighted by Gasteiger charge is -2.35. The van der Waals surface area contributed by atoms with Gasteiger partial charge in [0.15, 0.2) is 5.96 Å². The van der Waals surface area contributed by atoms with Gasteiger partial charge >= 0.3 is 6.18 Å². The second-order valence-electron chi connectivity index (χ2n) is 7.84. The molecule has 3 rings (SSSR count). The first-order valence-electron chi connectivity index (χ1n) is 10.6. The Kier molecular flexibility index (Phi) is 10.1. The van der Waals surface area contributed by atoms with E-state index in [-0.39, 0.29) is 36.6 Å². The van der Waals surface area contributed by atoms with Gasteiger partial charge in [0.05, 0.1) is 18.2 Å². The number of ether oxygens (including phenoxy) is 1. The summed E-state index contributed by atoms with van der Waals surface area (Å²) in [6.45, 7) is 7.57. The number of nitrogens with zero attached hydrogens (tertiary/aromatic N) is 3. The Hall–Kier alpha value is -1.27. The predicted molar refractivity (Wildman–Crippen MR) is 128 cm³/mol. The summed E-state index contributed by atoms with van der Waals surface area (Å²) in [6.07, 6.45) is -2.16. The molecular formula is C21H33F3IN5O. The van der Waals surface area contributed by atoms with Gasteiger partial charge in [-0.2, -0.15) is 13.2 Å². The van der Waals surface area contributed by atoms with Crippen LogP contribution in [0.4, 0.5) is 18.9 Å². The average Bonchev–Trinajstić information content (AvgIpc) is 3.23. The predicted octanol–water partition coefficient (Wildman–Crippen LogP) is 3.31. The second kappa shape index (κ2) is 12.1. The SMILES string of the molecule is CCNC(=NCc1cc(C(F)(F)F)ccc1N1CCN(C)CC1)NCC1CCCO1.I. The molecule has 1 aromatic rings. The molecule has 0 bridgehead atoms. The summed E-state index contributed by atoms with van der Waals surface area (Å²) in [5, 5.41) is 6.42. The summed E-state index contributed by atoms with van der Waals surface area (Å²) >= 11 is 0. The van der Waals surface area contributed by atoms with Crippen molar-refractivity contribution in [1.82, 2.24) is 15.5 Å². The van der Waals surface area contributed by atoms with Gasteiger partial charge in [-0.05, 0) is 50.6 Å². The minimum atomic E-state index is -4.37. The maximum Gasteiger partial charge on any atom is 0.416 e. The van der Waals surface area contributed by atoms with Crippen molar-refractivity contribution in [2.45, 2.75) is 38.6 Å². The molecule has 0 radical (unpaired) electrons. The summed E-state index contributed by atoms with van der Waals surface area (Å²) in [6, 6.07) is 3.99. The average molecular weight is 555 g/mol. The van der Waals surface area contributed by atoms with Crippen LogP contribution in [0.1, 0.15) is 30.9 Å². The van der Waals surface area contributed by atoms with Crippen molar-refractivity contribution in [2.75, 3.05) is 57.8 Å². The Morgan fingerprint density at radius 3 is 2.55 bits per heavy atom. The van der Waals surface area contributed by atoms with E-state index in [4.69, 9.17) is 4.74 Å². The van der Waals surface area contributed by atoms with Crippen molar-refractivity contribution in [2.24, 2.45) is 4.99 Å². The van der Waals surface area contributed by atoms with E-state index in [9.17, 15) is 13.2 Å². The van der Waals surface area contributed by atoms with Gasteiger partial charge in [0.25, 0.3) is 0 Å². The summed E-state index contributed by atoms with van der Waals surface area (Å²) < 4.78 is 45.6. The van der Waals surface area contributed by atoms with E-state index in [1.807, 2.05) is 6.92 Å². The largest absolute Gasteiger partial charge is 0.416 e. The Balaban J connectivity index is 0.00000341. The Bertz CT molecular complexity index is 717. The summed E-state index contributed by atoms with van der Waals surface area (Å²) in [5.41, 5.74) is 0.779. The number of aliphatic imine (C=N–C) groups is 1. The van der Waals surface area contributed by atoms with Crippen molar-refractivity contribution in [3.8, 4) is 0 Å². The molecule has 0 aliphatic carbocycles. The molecule has 176 valence electrons. The van der Waals surface area contributed by atoms with Gasteiger partial charge in [-0.1, -0.05) is 0 Å². The zero-order chi connectivity index (χ0) is 21.6. The smallest absolute Gasteiger partial charge is 0.376 e. The number of benzene rings is 1. The molecule has 0 spiro atoms. The highest BCUT2D eigenvalue weighted by molar-refractivity contribution is 14.0. The lowest BCUT2D eigenvalue weighted by molar-refractivity contribution is -0.137. The number of anilines is 1. The zero-order valence-electron chi connectivity index (χ0n) is 18.2. The molecule has 1 atom stereocenters. The first kappa shape index (κ1) is 26.0. The molecule has 10 heteroatoms. The fraction of sp³-hybridized carbons (Fsp3) is 0.667. The van der Waals surface area contributed by atoms with E-state index >= 15 is 0 Å². The van der Waals surface area contributed by atoms with Crippen molar-refractivity contribution in [3.05, 3.63) is 29.3 Å².